The van der Waals surface area contributed by atoms with Gasteiger partial charge in [0.1, 0.15) is 5.82 Å². The van der Waals surface area contributed by atoms with E-state index in [1.165, 1.54) is 0 Å². The van der Waals surface area contributed by atoms with Gasteiger partial charge in [-0.25, -0.2) is 4.98 Å². The lowest BCUT2D eigenvalue weighted by Crippen LogP contribution is -2.08. The number of fused-ring (bicyclic) bond motifs is 1. The Balaban J connectivity index is 2.66. The van der Waals surface area contributed by atoms with Crippen molar-refractivity contribution in [3.8, 4) is 0 Å². The smallest absolute Gasteiger partial charge is 0.155 e. The van der Waals surface area contributed by atoms with Gasteiger partial charge in [0, 0.05) is 10.7 Å². The fourth-order valence-electron chi connectivity index (χ4n) is 1.36. The molecule has 0 atom stereocenters. The molecular formula is C9H9BrClN3. The minimum atomic E-state index is 0.544. The molecule has 2 rings (SSSR count). The first-order valence-electron chi connectivity index (χ1n) is 4.19. The zero-order valence-corrected chi connectivity index (χ0v) is 9.93. The number of hydrogen-bond donors (Lipinski definition) is 1. The van der Waals surface area contributed by atoms with Crippen LogP contribution in [0.2, 0.25) is 5.15 Å². The van der Waals surface area contributed by atoms with Crippen molar-refractivity contribution >= 4 is 33.0 Å². The normalized spacial score (nSPS) is 11.1. The highest BCUT2D eigenvalue weighted by Crippen LogP contribution is 2.21. The van der Waals surface area contributed by atoms with Gasteiger partial charge in [0.2, 0.25) is 0 Å². The first-order valence-corrected chi connectivity index (χ1v) is 5.36. The summed E-state index contributed by atoms with van der Waals surface area (Å²) in [6.45, 7) is 0.699. The fraction of sp³-hybridized carbons (Fsp3) is 0.222. The molecule has 0 radical (unpaired) electrons. The first-order chi connectivity index (χ1) is 6.72. The van der Waals surface area contributed by atoms with Gasteiger partial charge in [0.05, 0.1) is 12.1 Å². The van der Waals surface area contributed by atoms with E-state index in [0.717, 1.165) is 15.8 Å². The summed E-state index contributed by atoms with van der Waals surface area (Å²) in [5.41, 5.74) is 0.931. The minimum Gasteiger partial charge on any atom is -0.313 e. The van der Waals surface area contributed by atoms with Crippen LogP contribution in [0.3, 0.4) is 0 Å². The Bertz CT molecular complexity index is 466. The van der Waals surface area contributed by atoms with Gasteiger partial charge >= 0.3 is 0 Å². The molecule has 14 heavy (non-hydrogen) atoms. The molecule has 2 aromatic rings. The second kappa shape index (κ2) is 3.88. The summed E-state index contributed by atoms with van der Waals surface area (Å²) in [6.07, 6.45) is 1.96. The monoisotopic (exact) mass is 273 g/mol. The highest BCUT2D eigenvalue weighted by molar-refractivity contribution is 9.10. The number of hydrogen-bond acceptors (Lipinski definition) is 2. The van der Waals surface area contributed by atoms with Crippen LogP contribution >= 0.6 is 27.5 Å². The molecule has 0 spiro atoms. The maximum absolute atomic E-state index is 5.99. The maximum atomic E-state index is 5.99. The van der Waals surface area contributed by atoms with E-state index >= 15 is 0 Å². The molecule has 0 aliphatic heterocycles. The Hall–Kier alpha value is -0.580. The van der Waals surface area contributed by atoms with Gasteiger partial charge in [-0.15, -0.1) is 0 Å². The quantitative estimate of drug-likeness (QED) is 0.911. The van der Waals surface area contributed by atoms with E-state index in [1.54, 1.807) is 0 Å². The molecular weight excluding hydrogens is 265 g/mol. The second-order valence-electron chi connectivity index (χ2n) is 2.95. The SMILES string of the molecule is CNCc1nc(Cl)c2ccc(Br)cn12. The van der Waals surface area contributed by atoms with Crippen LogP contribution in [-0.2, 0) is 6.54 Å². The van der Waals surface area contributed by atoms with Gasteiger partial charge in [-0.2, -0.15) is 0 Å². The van der Waals surface area contributed by atoms with Crippen LogP contribution in [0, 0.1) is 0 Å². The summed E-state index contributed by atoms with van der Waals surface area (Å²) in [7, 11) is 1.88. The highest BCUT2D eigenvalue weighted by Gasteiger charge is 2.07. The lowest BCUT2D eigenvalue weighted by atomic mass is 10.4. The fourth-order valence-corrected chi connectivity index (χ4v) is 1.95. The van der Waals surface area contributed by atoms with Gasteiger partial charge in [-0.3, -0.25) is 4.40 Å². The zero-order valence-electron chi connectivity index (χ0n) is 7.59. The predicted molar refractivity (Wildman–Crippen MR) is 60.7 cm³/mol. The van der Waals surface area contributed by atoms with Crippen LogP contribution in [0.5, 0.6) is 0 Å². The van der Waals surface area contributed by atoms with Crippen LogP contribution < -0.4 is 5.32 Å². The van der Waals surface area contributed by atoms with Crippen molar-refractivity contribution in [3.05, 3.63) is 33.8 Å². The Morgan fingerprint density at radius 1 is 1.57 bits per heavy atom. The third-order valence-electron chi connectivity index (χ3n) is 1.96. The van der Waals surface area contributed by atoms with Crippen molar-refractivity contribution in [3.63, 3.8) is 0 Å². The number of pyridine rings is 1. The van der Waals surface area contributed by atoms with E-state index in [4.69, 9.17) is 11.6 Å². The van der Waals surface area contributed by atoms with Crippen molar-refractivity contribution < 1.29 is 0 Å². The number of imidazole rings is 1. The molecule has 0 bridgehead atoms. The Morgan fingerprint density at radius 2 is 2.36 bits per heavy atom. The average Bonchev–Trinajstić information content (AvgIpc) is 2.44. The molecule has 74 valence electrons. The maximum Gasteiger partial charge on any atom is 0.155 e. The van der Waals surface area contributed by atoms with Crippen molar-refractivity contribution in [2.24, 2.45) is 0 Å². The van der Waals surface area contributed by atoms with E-state index in [-0.39, 0.29) is 0 Å². The molecule has 1 N–H and O–H groups in total. The van der Waals surface area contributed by atoms with E-state index in [0.29, 0.717) is 11.7 Å². The van der Waals surface area contributed by atoms with E-state index in [9.17, 15) is 0 Å². The lowest BCUT2D eigenvalue weighted by Gasteiger charge is -2.00. The molecule has 0 aliphatic rings. The average molecular weight is 275 g/mol. The largest absolute Gasteiger partial charge is 0.313 e. The standard InChI is InChI=1S/C9H9BrClN3/c1-12-4-8-13-9(11)7-3-2-6(10)5-14(7)8/h2-3,5,12H,4H2,1H3. The van der Waals surface area contributed by atoms with Crippen molar-refractivity contribution in [2.45, 2.75) is 6.54 Å². The molecule has 0 aliphatic carbocycles. The predicted octanol–water partition coefficient (Wildman–Crippen LogP) is 2.47. The van der Waals surface area contributed by atoms with Crippen LogP contribution in [0.4, 0.5) is 0 Å². The third kappa shape index (κ3) is 1.65. The second-order valence-corrected chi connectivity index (χ2v) is 4.23. The number of rotatable bonds is 2. The summed E-state index contributed by atoms with van der Waals surface area (Å²) >= 11 is 9.41. The van der Waals surface area contributed by atoms with E-state index < -0.39 is 0 Å². The van der Waals surface area contributed by atoms with E-state index in [1.807, 2.05) is 29.8 Å². The Labute approximate surface area is 95.2 Å². The molecule has 2 heterocycles. The summed E-state index contributed by atoms with van der Waals surface area (Å²) in [5, 5.41) is 3.60. The molecule has 3 nitrogen and oxygen atoms in total. The summed E-state index contributed by atoms with van der Waals surface area (Å²) in [4.78, 5) is 4.27. The van der Waals surface area contributed by atoms with Gasteiger partial charge in [0.25, 0.3) is 0 Å². The molecule has 0 fully saturated rings. The van der Waals surface area contributed by atoms with Gasteiger partial charge in [-0.05, 0) is 35.1 Å². The number of nitrogens with zero attached hydrogens (tertiary/aromatic N) is 2. The lowest BCUT2D eigenvalue weighted by molar-refractivity contribution is 0.755. The molecule has 2 aromatic heterocycles. The topological polar surface area (TPSA) is 29.3 Å². The highest BCUT2D eigenvalue weighted by atomic mass is 79.9. The van der Waals surface area contributed by atoms with Crippen molar-refractivity contribution in [1.29, 1.82) is 0 Å². The molecule has 0 unspecified atom stereocenters. The molecule has 0 amide bonds. The van der Waals surface area contributed by atoms with Crippen molar-refractivity contribution in [1.82, 2.24) is 14.7 Å². The van der Waals surface area contributed by atoms with Gasteiger partial charge < -0.3 is 5.32 Å². The number of nitrogens with one attached hydrogen (secondary N) is 1. The first kappa shape index (κ1) is 9.96. The van der Waals surface area contributed by atoms with Crippen LogP contribution in [0.15, 0.2) is 22.8 Å². The van der Waals surface area contributed by atoms with Crippen LogP contribution in [-0.4, -0.2) is 16.4 Å². The molecule has 0 aromatic carbocycles. The molecule has 0 saturated carbocycles. The Morgan fingerprint density at radius 3 is 3.07 bits per heavy atom. The van der Waals surface area contributed by atoms with Gasteiger partial charge in [0.15, 0.2) is 5.15 Å². The number of aromatic nitrogens is 2. The summed E-state index contributed by atoms with van der Waals surface area (Å²) in [5.74, 6) is 0.911. The van der Waals surface area contributed by atoms with Crippen LogP contribution in [0.1, 0.15) is 5.82 Å². The summed E-state index contributed by atoms with van der Waals surface area (Å²) < 4.78 is 2.99. The number of halogens is 2. The third-order valence-corrected chi connectivity index (χ3v) is 2.71. The minimum absolute atomic E-state index is 0.544. The molecule has 5 heteroatoms. The summed E-state index contributed by atoms with van der Waals surface area (Å²) in [6, 6.07) is 3.89. The van der Waals surface area contributed by atoms with Crippen molar-refractivity contribution in [2.75, 3.05) is 7.05 Å². The Kier molecular flexibility index (Phi) is 2.76. The van der Waals surface area contributed by atoms with E-state index in [2.05, 4.69) is 26.2 Å². The zero-order chi connectivity index (χ0) is 10.1. The molecule has 0 saturated heterocycles. The van der Waals surface area contributed by atoms with Gasteiger partial charge in [-0.1, -0.05) is 11.6 Å². The van der Waals surface area contributed by atoms with Crippen LogP contribution in [0.25, 0.3) is 5.52 Å².